The van der Waals surface area contributed by atoms with E-state index in [1.165, 1.54) is 18.4 Å². The summed E-state index contributed by atoms with van der Waals surface area (Å²) in [5, 5.41) is 11.8. The van der Waals surface area contributed by atoms with E-state index in [0.29, 0.717) is 24.1 Å². The topological polar surface area (TPSA) is 73.4 Å². The highest BCUT2D eigenvalue weighted by molar-refractivity contribution is 5.92. The minimum absolute atomic E-state index is 0.142. The lowest BCUT2D eigenvalue weighted by atomic mass is 10.1. The maximum absolute atomic E-state index is 12.3. The van der Waals surface area contributed by atoms with Gasteiger partial charge in [0.15, 0.2) is 6.19 Å². The van der Waals surface area contributed by atoms with E-state index in [1.54, 1.807) is 11.1 Å². The quantitative estimate of drug-likeness (QED) is 0.873. The predicted octanol–water partition coefficient (Wildman–Crippen LogP) is 1.74. The molecule has 6 nitrogen and oxygen atoms in total. The monoisotopic (exact) mass is 309 g/mol. The summed E-state index contributed by atoms with van der Waals surface area (Å²) in [6, 6.07) is 4.19. The van der Waals surface area contributed by atoms with Gasteiger partial charge in [-0.15, -0.1) is 0 Å². The molecule has 0 unspecified atom stereocenters. The van der Waals surface area contributed by atoms with Crippen molar-refractivity contribution in [1.29, 1.82) is 5.26 Å². The molecule has 1 aliphatic carbocycles. The minimum atomic E-state index is -0.142. The van der Waals surface area contributed by atoms with Gasteiger partial charge in [-0.25, -0.2) is 4.98 Å². The molecule has 1 amide bonds. The van der Waals surface area contributed by atoms with Crippen molar-refractivity contribution in [2.75, 3.05) is 19.6 Å². The number of carbonyl (C=O) groups is 1. The van der Waals surface area contributed by atoms with Crippen molar-refractivity contribution in [2.24, 2.45) is 5.92 Å². The number of amides is 1. The molecule has 0 bridgehead atoms. The molecular weight excluding hydrogens is 290 g/mol. The molecule has 2 aromatic heterocycles. The minimum Gasteiger partial charge on any atom is -0.350 e. The molecule has 4 rings (SSSR count). The SMILES string of the molecule is N#CN1CC[C@H](CNC(=O)c2cn3ccc(C4CC4)cc3n2)C1. The molecule has 1 saturated heterocycles. The summed E-state index contributed by atoms with van der Waals surface area (Å²) < 4.78 is 1.90. The highest BCUT2D eigenvalue weighted by Gasteiger charge is 2.24. The number of hydrogen-bond acceptors (Lipinski definition) is 4. The number of likely N-dealkylation sites (tertiary alicyclic amines) is 1. The van der Waals surface area contributed by atoms with Crippen LogP contribution in [-0.2, 0) is 0 Å². The summed E-state index contributed by atoms with van der Waals surface area (Å²) in [6.07, 6.45) is 9.37. The van der Waals surface area contributed by atoms with Gasteiger partial charge in [0.2, 0.25) is 0 Å². The molecule has 23 heavy (non-hydrogen) atoms. The fraction of sp³-hybridized carbons (Fsp3) is 0.471. The number of hydrogen-bond donors (Lipinski definition) is 1. The highest BCUT2D eigenvalue weighted by atomic mass is 16.1. The fourth-order valence-electron chi connectivity index (χ4n) is 3.20. The molecule has 2 aliphatic rings. The molecule has 2 fully saturated rings. The van der Waals surface area contributed by atoms with Crippen LogP contribution in [0.4, 0.5) is 0 Å². The summed E-state index contributed by atoms with van der Waals surface area (Å²) >= 11 is 0. The summed E-state index contributed by atoms with van der Waals surface area (Å²) in [4.78, 5) is 18.5. The Kier molecular flexibility index (Phi) is 3.41. The molecule has 2 aromatic rings. The maximum atomic E-state index is 12.3. The van der Waals surface area contributed by atoms with Crippen molar-refractivity contribution in [3.63, 3.8) is 0 Å². The Morgan fingerprint density at radius 2 is 2.30 bits per heavy atom. The average molecular weight is 309 g/mol. The molecule has 0 radical (unpaired) electrons. The van der Waals surface area contributed by atoms with Gasteiger partial charge in [0.1, 0.15) is 11.3 Å². The largest absolute Gasteiger partial charge is 0.350 e. The van der Waals surface area contributed by atoms with Gasteiger partial charge in [0.25, 0.3) is 5.91 Å². The Bertz CT molecular complexity index is 786. The molecule has 0 aromatic carbocycles. The van der Waals surface area contributed by atoms with Gasteiger partial charge in [-0.1, -0.05) is 0 Å². The van der Waals surface area contributed by atoms with Crippen LogP contribution in [0.2, 0.25) is 0 Å². The second-order valence-corrected chi connectivity index (χ2v) is 6.54. The Labute approximate surface area is 134 Å². The van der Waals surface area contributed by atoms with E-state index in [9.17, 15) is 4.79 Å². The van der Waals surface area contributed by atoms with Crippen LogP contribution in [0.15, 0.2) is 24.5 Å². The summed E-state index contributed by atoms with van der Waals surface area (Å²) in [5.74, 6) is 0.883. The lowest BCUT2D eigenvalue weighted by Gasteiger charge is -2.10. The summed E-state index contributed by atoms with van der Waals surface area (Å²) in [5.41, 5.74) is 2.60. The molecular formula is C17H19N5O. The van der Waals surface area contributed by atoms with Crippen molar-refractivity contribution in [3.05, 3.63) is 35.8 Å². The third-order valence-electron chi connectivity index (χ3n) is 4.74. The van der Waals surface area contributed by atoms with Crippen LogP contribution in [0.5, 0.6) is 0 Å². The third kappa shape index (κ3) is 2.87. The van der Waals surface area contributed by atoms with E-state index in [2.05, 4.69) is 28.6 Å². The van der Waals surface area contributed by atoms with E-state index in [-0.39, 0.29) is 5.91 Å². The van der Waals surface area contributed by atoms with Gasteiger partial charge in [-0.05, 0) is 48.8 Å². The number of aromatic nitrogens is 2. The van der Waals surface area contributed by atoms with Crippen molar-refractivity contribution in [2.45, 2.75) is 25.2 Å². The van der Waals surface area contributed by atoms with Gasteiger partial charge in [-0.2, -0.15) is 5.26 Å². The normalized spacial score (nSPS) is 20.7. The highest BCUT2D eigenvalue weighted by Crippen LogP contribution is 2.40. The predicted molar refractivity (Wildman–Crippen MR) is 84.8 cm³/mol. The summed E-state index contributed by atoms with van der Waals surface area (Å²) in [6.45, 7) is 2.11. The number of fused-ring (bicyclic) bond motifs is 1. The molecule has 3 heterocycles. The van der Waals surface area contributed by atoms with Gasteiger partial charge in [0.05, 0.1) is 0 Å². The van der Waals surface area contributed by atoms with Crippen LogP contribution in [0, 0.1) is 17.4 Å². The average Bonchev–Trinajstić information content (AvgIpc) is 3.17. The van der Waals surface area contributed by atoms with E-state index < -0.39 is 0 Å². The second kappa shape index (κ2) is 5.58. The van der Waals surface area contributed by atoms with Crippen LogP contribution >= 0.6 is 0 Å². The number of nitrogens with one attached hydrogen (secondary N) is 1. The number of rotatable bonds is 4. The second-order valence-electron chi connectivity index (χ2n) is 6.54. The standard InChI is InChI=1S/C17H19N5O/c18-11-21-5-3-12(9-21)8-19-17(23)15-10-22-6-4-14(13-1-2-13)7-16(22)20-15/h4,6-7,10,12-13H,1-3,5,8-9H2,(H,19,23)/t12-/m1/s1. The molecule has 0 spiro atoms. The maximum Gasteiger partial charge on any atom is 0.271 e. The Hall–Kier alpha value is -2.55. The Morgan fingerprint density at radius 1 is 1.43 bits per heavy atom. The molecule has 1 atom stereocenters. The fourth-order valence-corrected chi connectivity index (χ4v) is 3.20. The van der Waals surface area contributed by atoms with Crippen molar-refractivity contribution < 1.29 is 4.79 Å². The lowest BCUT2D eigenvalue weighted by molar-refractivity contribution is 0.0943. The number of nitrogens with zero attached hydrogens (tertiary/aromatic N) is 4. The first-order valence-corrected chi connectivity index (χ1v) is 8.14. The first-order valence-electron chi connectivity index (χ1n) is 8.14. The molecule has 1 N–H and O–H groups in total. The van der Waals surface area contributed by atoms with Gasteiger partial charge in [0, 0.05) is 32.0 Å². The van der Waals surface area contributed by atoms with Gasteiger partial charge >= 0.3 is 0 Å². The first-order chi connectivity index (χ1) is 11.2. The van der Waals surface area contributed by atoms with Crippen LogP contribution in [-0.4, -0.2) is 39.8 Å². The van der Waals surface area contributed by atoms with E-state index in [4.69, 9.17) is 5.26 Å². The van der Waals surface area contributed by atoms with E-state index in [0.717, 1.165) is 25.2 Å². The summed E-state index contributed by atoms with van der Waals surface area (Å²) in [7, 11) is 0. The van der Waals surface area contributed by atoms with Crippen molar-refractivity contribution >= 4 is 11.6 Å². The smallest absolute Gasteiger partial charge is 0.271 e. The lowest BCUT2D eigenvalue weighted by Crippen LogP contribution is -2.30. The number of nitriles is 1. The third-order valence-corrected chi connectivity index (χ3v) is 4.74. The Balaban J connectivity index is 1.42. The number of carbonyl (C=O) groups excluding carboxylic acids is 1. The zero-order chi connectivity index (χ0) is 15.8. The van der Waals surface area contributed by atoms with Crippen LogP contribution in [0.25, 0.3) is 5.65 Å². The number of imidazole rings is 1. The van der Waals surface area contributed by atoms with Gasteiger partial charge < -0.3 is 14.6 Å². The van der Waals surface area contributed by atoms with Crippen LogP contribution in [0.1, 0.15) is 41.2 Å². The van der Waals surface area contributed by atoms with Crippen LogP contribution in [0.3, 0.4) is 0 Å². The zero-order valence-electron chi connectivity index (χ0n) is 12.9. The Morgan fingerprint density at radius 3 is 3.04 bits per heavy atom. The van der Waals surface area contributed by atoms with Crippen molar-refractivity contribution in [1.82, 2.24) is 19.6 Å². The molecule has 1 saturated carbocycles. The van der Waals surface area contributed by atoms with E-state index >= 15 is 0 Å². The van der Waals surface area contributed by atoms with Crippen molar-refractivity contribution in [3.8, 4) is 6.19 Å². The first kappa shape index (κ1) is 14.1. The molecule has 118 valence electrons. The van der Waals surface area contributed by atoms with Gasteiger partial charge in [-0.3, -0.25) is 4.79 Å². The zero-order valence-corrected chi connectivity index (χ0v) is 12.9. The number of pyridine rings is 1. The molecule has 6 heteroatoms. The van der Waals surface area contributed by atoms with Crippen LogP contribution < -0.4 is 5.32 Å². The van der Waals surface area contributed by atoms with E-state index in [1.807, 2.05) is 10.6 Å². The molecule has 1 aliphatic heterocycles.